The van der Waals surface area contributed by atoms with Gasteiger partial charge in [-0.15, -0.1) is 5.10 Å². The van der Waals surface area contributed by atoms with Crippen molar-refractivity contribution in [3.05, 3.63) is 46.8 Å². The molecule has 0 aliphatic carbocycles. The first-order chi connectivity index (χ1) is 8.20. The summed E-state index contributed by atoms with van der Waals surface area (Å²) in [5.41, 5.74) is -0.149. The number of rotatable bonds is 3. The van der Waals surface area contributed by atoms with E-state index in [1.54, 1.807) is 14.2 Å². The Labute approximate surface area is 103 Å². The lowest BCUT2D eigenvalue weighted by Crippen LogP contribution is -2.19. The number of hydrogen-bond donors (Lipinski definition) is 0. The van der Waals surface area contributed by atoms with Crippen molar-refractivity contribution >= 4 is 11.8 Å². The van der Waals surface area contributed by atoms with E-state index in [0.29, 0.717) is 5.88 Å². The van der Waals surface area contributed by atoms with E-state index in [2.05, 4.69) is 5.10 Å². The van der Waals surface area contributed by atoms with Gasteiger partial charge in [0.05, 0.1) is 12.0 Å². The molecule has 0 saturated carbocycles. The minimum absolute atomic E-state index is 0.149. The van der Waals surface area contributed by atoms with Crippen molar-refractivity contribution in [3.8, 4) is 5.88 Å². The molecule has 0 saturated heterocycles. The highest BCUT2D eigenvalue weighted by Gasteiger charge is 2.09. The average molecular weight is 248 g/mol. The lowest BCUT2D eigenvalue weighted by molar-refractivity contribution is 0.370. The monoisotopic (exact) mass is 248 g/mol. The minimum Gasteiger partial charge on any atom is -0.479 e. The fourth-order valence-corrected chi connectivity index (χ4v) is 2.25. The quantitative estimate of drug-likeness (QED) is 0.832. The maximum absolute atomic E-state index is 11.5. The van der Waals surface area contributed by atoms with Gasteiger partial charge in [-0.3, -0.25) is 4.79 Å². The van der Waals surface area contributed by atoms with Gasteiger partial charge in [0.15, 0.2) is 0 Å². The molecule has 0 spiro atoms. The molecule has 1 heterocycles. The van der Waals surface area contributed by atoms with Crippen molar-refractivity contribution in [1.29, 1.82) is 0 Å². The van der Waals surface area contributed by atoms with Crippen molar-refractivity contribution in [2.75, 3.05) is 7.11 Å². The Morgan fingerprint density at radius 2 is 2.00 bits per heavy atom. The van der Waals surface area contributed by atoms with E-state index >= 15 is 0 Å². The Morgan fingerprint density at radius 3 is 2.65 bits per heavy atom. The van der Waals surface area contributed by atoms with Gasteiger partial charge >= 0.3 is 0 Å². The van der Waals surface area contributed by atoms with Gasteiger partial charge in [-0.1, -0.05) is 30.0 Å². The highest BCUT2D eigenvalue weighted by molar-refractivity contribution is 7.99. The second-order valence-corrected chi connectivity index (χ2v) is 4.51. The van der Waals surface area contributed by atoms with E-state index in [-0.39, 0.29) is 5.56 Å². The Bertz CT molecular complexity index is 566. The van der Waals surface area contributed by atoms with Gasteiger partial charge in [-0.25, -0.2) is 4.68 Å². The molecule has 0 fully saturated rings. The van der Waals surface area contributed by atoms with Crippen LogP contribution in [-0.4, -0.2) is 16.9 Å². The minimum atomic E-state index is -0.149. The molecule has 0 N–H and O–H groups in total. The number of hydrogen-bond acceptors (Lipinski definition) is 4. The average Bonchev–Trinajstić information content (AvgIpc) is 2.35. The lowest BCUT2D eigenvalue weighted by atomic mass is 10.4. The van der Waals surface area contributed by atoms with Crippen LogP contribution in [0.3, 0.4) is 0 Å². The molecule has 1 aromatic heterocycles. The summed E-state index contributed by atoms with van der Waals surface area (Å²) in [4.78, 5) is 13.3. The van der Waals surface area contributed by atoms with Crippen LogP contribution in [0.15, 0.2) is 51.0 Å². The van der Waals surface area contributed by atoms with Crippen LogP contribution >= 0.6 is 11.8 Å². The first kappa shape index (κ1) is 11.7. The van der Waals surface area contributed by atoms with Crippen LogP contribution in [-0.2, 0) is 7.05 Å². The Kier molecular flexibility index (Phi) is 3.49. The predicted octanol–water partition coefficient (Wildman–Crippen LogP) is 1.94. The first-order valence-electron chi connectivity index (χ1n) is 5.06. The normalized spacial score (nSPS) is 10.2. The maximum atomic E-state index is 11.5. The van der Waals surface area contributed by atoms with E-state index in [0.717, 1.165) is 9.79 Å². The van der Waals surface area contributed by atoms with Gasteiger partial charge in [-0.2, -0.15) is 0 Å². The summed E-state index contributed by atoms with van der Waals surface area (Å²) in [5, 5.41) is 4.05. The molecule has 88 valence electrons. The molecule has 0 aliphatic rings. The van der Waals surface area contributed by atoms with Crippen LogP contribution in [0, 0.1) is 0 Å². The maximum Gasteiger partial charge on any atom is 0.267 e. The molecule has 0 amide bonds. The third-order valence-electron chi connectivity index (χ3n) is 2.19. The number of aromatic nitrogens is 2. The molecular weight excluding hydrogens is 236 g/mol. The molecule has 0 aliphatic heterocycles. The summed E-state index contributed by atoms with van der Waals surface area (Å²) in [7, 11) is 3.14. The van der Waals surface area contributed by atoms with Crippen LogP contribution < -0.4 is 10.3 Å². The molecule has 1 aromatic carbocycles. The molecule has 0 bridgehead atoms. The second kappa shape index (κ2) is 5.05. The van der Waals surface area contributed by atoms with E-state index < -0.39 is 0 Å². The van der Waals surface area contributed by atoms with Crippen LogP contribution in [0.2, 0.25) is 0 Å². The zero-order chi connectivity index (χ0) is 12.3. The van der Waals surface area contributed by atoms with Gasteiger partial charge in [0.25, 0.3) is 5.56 Å². The SMILES string of the molecule is COc1nn(C)c(=O)cc1Sc1ccccc1. The number of nitrogens with zero attached hydrogens (tertiary/aromatic N) is 2. The first-order valence-corrected chi connectivity index (χ1v) is 5.87. The van der Waals surface area contributed by atoms with Crippen molar-refractivity contribution in [2.24, 2.45) is 7.05 Å². The summed E-state index contributed by atoms with van der Waals surface area (Å²) in [6, 6.07) is 11.3. The van der Waals surface area contributed by atoms with E-state index in [1.807, 2.05) is 30.3 Å². The Morgan fingerprint density at radius 1 is 1.29 bits per heavy atom. The molecule has 0 unspecified atom stereocenters. The number of benzene rings is 1. The van der Waals surface area contributed by atoms with Crippen LogP contribution in [0.1, 0.15) is 0 Å². The van der Waals surface area contributed by atoms with Crippen LogP contribution in [0.5, 0.6) is 5.88 Å². The lowest BCUT2D eigenvalue weighted by Gasteiger charge is -2.07. The van der Waals surface area contributed by atoms with Gasteiger partial charge in [0.2, 0.25) is 5.88 Å². The van der Waals surface area contributed by atoms with Crippen LogP contribution in [0.25, 0.3) is 0 Å². The number of ether oxygens (including phenoxy) is 1. The van der Waals surface area contributed by atoms with Crippen molar-refractivity contribution in [2.45, 2.75) is 9.79 Å². The molecule has 2 aromatic rings. The zero-order valence-corrected chi connectivity index (χ0v) is 10.4. The van der Waals surface area contributed by atoms with Crippen molar-refractivity contribution < 1.29 is 4.74 Å². The van der Waals surface area contributed by atoms with Gasteiger partial charge in [-0.05, 0) is 12.1 Å². The predicted molar refractivity (Wildman–Crippen MR) is 66.6 cm³/mol. The molecular formula is C12H12N2O2S. The second-order valence-electron chi connectivity index (χ2n) is 3.39. The van der Waals surface area contributed by atoms with Gasteiger partial charge in [0.1, 0.15) is 0 Å². The molecule has 17 heavy (non-hydrogen) atoms. The Balaban J connectivity index is 2.39. The fraction of sp³-hybridized carbons (Fsp3) is 0.167. The van der Waals surface area contributed by atoms with Crippen molar-refractivity contribution in [3.63, 3.8) is 0 Å². The van der Waals surface area contributed by atoms with Crippen molar-refractivity contribution in [1.82, 2.24) is 9.78 Å². The smallest absolute Gasteiger partial charge is 0.267 e. The summed E-state index contributed by atoms with van der Waals surface area (Å²) in [5.74, 6) is 0.459. The van der Waals surface area contributed by atoms with Gasteiger partial charge in [0, 0.05) is 18.0 Å². The van der Waals surface area contributed by atoms with E-state index in [4.69, 9.17) is 4.74 Å². The molecule has 4 nitrogen and oxygen atoms in total. The van der Waals surface area contributed by atoms with E-state index in [9.17, 15) is 4.79 Å². The van der Waals surface area contributed by atoms with Crippen LogP contribution in [0.4, 0.5) is 0 Å². The summed E-state index contributed by atoms with van der Waals surface area (Å²) >= 11 is 1.46. The fourth-order valence-electron chi connectivity index (χ4n) is 1.33. The summed E-state index contributed by atoms with van der Waals surface area (Å²) in [6.07, 6.45) is 0. The number of methoxy groups -OCH3 is 1. The molecule has 2 rings (SSSR count). The third kappa shape index (κ3) is 2.68. The highest BCUT2D eigenvalue weighted by Crippen LogP contribution is 2.31. The highest BCUT2D eigenvalue weighted by atomic mass is 32.2. The molecule has 5 heteroatoms. The zero-order valence-electron chi connectivity index (χ0n) is 9.58. The topological polar surface area (TPSA) is 44.1 Å². The standard InChI is InChI=1S/C12H12N2O2S/c1-14-11(15)8-10(12(13-14)16-2)17-9-6-4-3-5-7-9/h3-8H,1-2H3. The third-order valence-corrected chi connectivity index (χ3v) is 3.21. The molecule has 0 atom stereocenters. The summed E-state index contributed by atoms with van der Waals surface area (Å²) in [6.45, 7) is 0. The largest absolute Gasteiger partial charge is 0.479 e. The Hall–Kier alpha value is -1.75. The summed E-state index contributed by atoms with van der Waals surface area (Å²) < 4.78 is 6.42. The number of aryl methyl sites for hydroxylation is 1. The molecule has 0 radical (unpaired) electrons. The van der Waals surface area contributed by atoms with Gasteiger partial charge < -0.3 is 4.74 Å². The van der Waals surface area contributed by atoms with E-state index in [1.165, 1.54) is 22.5 Å².